The number of hydrogen-bond acceptors (Lipinski definition) is 3. The van der Waals surface area contributed by atoms with Crippen LogP contribution in [0, 0.1) is 11.3 Å². The predicted octanol–water partition coefficient (Wildman–Crippen LogP) is 2.70. The summed E-state index contributed by atoms with van der Waals surface area (Å²) >= 11 is 0. The van der Waals surface area contributed by atoms with Crippen molar-refractivity contribution in [1.82, 2.24) is 5.32 Å². The molecule has 0 atom stereocenters. The fourth-order valence-electron chi connectivity index (χ4n) is 3.31. The number of rotatable bonds is 1. The molecule has 1 spiro atoms. The van der Waals surface area contributed by atoms with Crippen LogP contribution in [0.3, 0.4) is 0 Å². The standard InChI is InChI=1S/C13H23NO2.CH4O/c1-9-5-13(6-9)7-10(8-13)14-11(15)16-12(2,3)4;1-2/h9-10H,5-8H2,1-4H3,(H,14,15);2H,1H3. The molecule has 0 aliphatic heterocycles. The minimum absolute atomic E-state index is 0.264. The van der Waals surface area contributed by atoms with Crippen LogP contribution >= 0.6 is 0 Å². The number of aliphatic hydroxyl groups excluding tert-OH is 1. The fourth-order valence-corrected chi connectivity index (χ4v) is 3.31. The molecule has 1 amide bonds. The number of amides is 1. The average Bonchev–Trinajstić information content (AvgIpc) is 2.12. The number of alkyl carbamates (subject to hydrolysis) is 1. The van der Waals surface area contributed by atoms with Crippen LogP contribution in [0.2, 0.25) is 0 Å². The van der Waals surface area contributed by atoms with Crippen LogP contribution in [0.4, 0.5) is 4.79 Å². The van der Waals surface area contributed by atoms with E-state index in [4.69, 9.17) is 9.84 Å². The molecule has 0 heterocycles. The van der Waals surface area contributed by atoms with E-state index in [1.54, 1.807) is 0 Å². The van der Waals surface area contributed by atoms with Crippen molar-refractivity contribution in [2.24, 2.45) is 11.3 Å². The lowest BCUT2D eigenvalue weighted by Crippen LogP contribution is -2.56. The number of nitrogens with one attached hydrogen (secondary N) is 1. The van der Waals surface area contributed by atoms with E-state index in [2.05, 4.69) is 12.2 Å². The summed E-state index contributed by atoms with van der Waals surface area (Å²) in [6.45, 7) is 7.98. The van der Waals surface area contributed by atoms with Crippen molar-refractivity contribution in [3.63, 3.8) is 0 Å². The van der Waals surface area contributed by atoms with E-state index in [-0.39, 0.29) is 6.09 Å². The van der Waals surface area contributed by atoms with Gasteiger partial charge in [-0.3, -0.25) is 0 Å². The minimum atomic E-state index is -0.392. The topological polar surface area (TPSA) is 58.6 Å². The molecule has 2 rings (SSSR count). The van der Waals surface area contributed by atoms with Crippen LogP contribution in [0.5, 0.6) is 0 Å². The van der Waals surface area contributed by atoms with Crippen LogP contribution in [0.25, 0.3) is 0 Å². The lowest BCUT2D eigenvalue weighted by atomic mass is 9.50. The predicted molar refractivity (Wildman–Crippen MR) is 71.4 cm³/mol. The zero-order valence-corrected chi connectivity index (χ0v) is 12.2. The van der Waals surface area contributed by atoms with Gasteiger partial charge in [-0.2, -0.15) is 0 Å². The molecule has 0 saturated heterocycles. The monoisotopic (exact) mass is 257 g/mol. The van der Waals surface area contributed by atoms with E-state index >= 15 is 0 Å². The second-order valence-corrected chi connectivity index (χ2v) is 6.76. The second-order valence-electron chi connectivity index (χ2n) is 6.76. The van der Waals surface area contributed by atoms with Crippen molar-refractivity contribution in [3.8, 4) is 0 Å². The van der Waals surface area contributed by atoms with E-state index in [1.807, 2.05) is 20.8 Å². The van der Waals surface area contributed by atoms with Gasteiger partial charge in [-0.05, 0) is 57.8 Å². The van der Waals surface area contributed by atoms with Gasteiger partial charge >= 0.3 is 6.09 Å². The fraction of sp³-hybridized carbons (Fsp3) is 0.929. The maximum absolute atomic E-state index is 11.5. The molecule has 18 heavy (non-hydrogen) atoms. The van der Waals surface area contributed by atoms with Gasteiger partial charge in [0.05, 0.1) is 0 Å². The van der Waals surface area contributed by atoms with Crippen molar-refractivity contribution < 1.29 is 14.6 Å². The summed E-state index contributed by atoms with van der Waals surface area (Å²) in [4.78, 5) is 11.5. The molecule has 2 saturated carbocycles. The molecule has 2 fully saturated rings. The SMILES string of the molecule is CC1CC2(C1)CC(NC(=O)OC(C)(C)C)C2.CO. The van der Waals surface area contributed by atoms with E-state index in [9.17, 15) is 4.79 Å². The number of aliphatic hydroxyl groups is 1. The summed E-state index contributed by atoms with van der Waals surface area (Å²) in [7, 11) is 1.00. The first kappa shape index (κ1) is 15.3. The highest BCUT2D eigenvalue weighted by Gasteiger charge is 2.51. The quantitative estimate of drug-likeness (QED) is 0.759. The van der Waals surface area contributed by atoms with Gasteiger partial charge in [0.25, 0.3) is 0 Å². The van der Waals surface area contributed by atoms with Crippen LogP contribution in [-0.2, 0) is 4.74 Å². The average molecular weight is 257 g/mol. The van der Waals surface area contributed by atoms with E-state index < -0.39 is 5.60 Å². The molecule has 0 aromatic heterocycles. The number of carbonyl (C=O) groups is 1. The Morgan fingerprint density at radius 2 is 1.72 bits per heavy atom. The lowest BCUT2D eigenvalue weighted by molar-refractivity contribution is -0.0444. The molecule has 4 nitrogen and oxygen atoms in total. The number of hydrogen-bond donors (Lipinski definition) is 2. The number of carbonyl (C=O) groups excluding carboxylic acids is 1. The number of ether oxygens (including phenoxy) is 1. The van der Waals surface area contributed by atoms with E-state index in [0.717, 1.165) is 25.9 Å². The molecule has 4 heteroatoms. The molecular weight excluding hydrogens is 230 g/mol. The molecule has 2 aliphatic carbocycles. The maximum Gasteiger partial charge on any atom is 0.407 e. The van der Waals surface area contributed by atoms with Crippen molar-refractivity contribution in [2.75, 3.05) is 7.11 Å². The molecular formula is C14H27NO3. The third kappa shape index (κ3) is 3.87. The van der Waals surface area contributed by atoms with Gasteiger partial charge in [0, 0.05) is 13.2 Å². The maximum atomic E-state index is 11.5. The minimum Gasteiger partial charge on any atom is -0.444 e. The van der Waals surface area contributed by atoms with Gasteiger partial charge in [0.1, 0.15) is 5.60 Å². The Balaban J connectivity index is 0.000000771. The molecule has 2 aliphatic rings. The van der Waals surface area contributed by atoms with Crippen molar-refractivity contribution in [1.29, 1.82) is 0 Å². The third-order valence-corrected chi connectivity index (χ3v) is 3.64. The van der Waals surface area contributed by atoms with Crippen molar-refractivity contribution in [3.05, 3.63) is 0 Å². The largest absolute Gasteiger partial charge is 0.444 e. The van der Waals surface area contributed by atoms with Gasteiger partial charge in [0.2, 0.25) is 0 Å². The van der Waals surface area contributed by atoms with Crippen molar-refractivity contribution in [2.45, 2.75) is 65.0 Å². The van der Waals surface area contributed by atoms with Gasteiger partial charge in [0.15, 0.2) is 0 Å². The second kappa shape index (κ2) is 5.47. The summed E-state index contributed by atoms with van der Waals surface area (Å²) < 4.78 is 5.23. The molecule has 0 radical (unpaired) electrons. The van der Waals surface area contributed by atoms with Gasteiger partial charge in [-0.15, -0.1) is 0 Å². The Kier molecular flexibility index (Phi) is 4.65. The lowest BCUT2D eigenvalue weighted by Gasteiger charge is -2.57. The smallest absolute Gasteiger partial charge is 0.407 e. The molecule has 0 aromatic carbocycles. The first-order valence-electron chi connectivity index (χ1n) is 6.72. The normalized spacial score (nSPS) is 33.7. The summed E-state index contributed by atoms with van der Waals surface area (Å²) in [5, 5.41) is 9.95. The Hall–Kier alpha value is -0.770. The first-order chi connectivity index (χ1) is 8.28. The molecule has 0 unspecified atom stereocenters. The highest BCUT2D eigenvalue weighted by Crippen LogP contribution is 2.58. The summed E-state index contributed by atoms with van der Waals surface area (Å²) in [6, 6.07) is 0.349. The van der Waals surface area contributed by atoms with Crippen LogP contribution in [0.1, 0.15) is 53.4 Å². The molecule has 0 bridgehead atoms. The molecule has 106 valence electrons. The zero-order chi connectivity index (χ0) is 14.0. The van der Waals surface area contributed by atoms with Crippen LogP contribution < -0.4 is 5.32 Å². The van der Waals surface area contributed by atoms with E-state index in [1.165, 1.54) is 12.8 Å². The first-order valence-corrected chi connectivity index (χ1v) is 6.72. The highest BCUT2D eigenvalue weighted by atomic mass is 16.6. The van der Waals surface area contributed by atoms with Gasteiger partial charge in [-0.1, -0.05) is 6.92 Å². The third-order valence-electron chi connectivity index (χ3n) is 3.64. The summed E-state index contributed by atoms with van der Waals surface area (Å²) in [6.07, 6.45) is 4.73. The summed E-state index contributed by atoms with van der Waals surface area (Å²) in [5.74, 6) is 0.891. The molecule has 2 N–H and O–H groups in total. The zero-order valence-electron chi connectivity index (χ0n) is 12.2. The Morgan fingerprint density at radius 1 is 1.22 bits per heavy atom. The molecule has 0 aromatic rings. The van der Waals surface area contributed by atoms with Crippen molar-refractivity contribution >= 4 is 6.09 Å². The Bertz CT molecular complexity index is 282. The summed E-state index contributed by atoms with van der Waals surface area (Å²) in [5.41, 5.74) is 0.190. The van der Waals surface area contributed by atoms with Crippen LogP contribution in [0.15, 0.2) is 0 Å². The highest BCUT2D eigenvalue weighted by molar-refractivity contribution is 5.68. The Morgan fingerprint density at radius 3 is 2.11 bits per heavy atom. The van der Waals surface area contributed by atoms with E-state index in [0.29, 0.717) is 11.5 Å². The Labute approximate surface area is 110 Å². The van der Waals surface area contributed by atoms with Gasteiger partial charge < -0.3 is 15.2 Å². The van der Waals surface area contributed by atoms with Crippen LogP contribution in [-0.4, -0.2) is 30.0 Å². The van der Waals surface area contributed by atoms with Gasteiger partial charge in [-0.25, -0.2) is 4.79 Å².